The van der Waals surface area contributed by atoms with E-state index in [0.29, 0.717) is 5.95 Å². The van der Waals surface area contributed by atoms with Crippen LogP contribution in [0.25, 0.3) is 0 Å². The highest BCUT2D eigenvalue weighted by Crippen LogP contribution is 2.48. The van der Waals surface area contributed by atoms with Crippen molar-refractivity contribution in [3.8, 4) is 0 Å². The molecule has 1 fully saturated rings. The maximum atomic E-state index is 12.4. The van der Waals surface area contributed by atoms with Crippen molar-refractivity contribution >= 4 is 11.9 Å². The number of benzene rings is 1. The van der Waals surface area contributed by atoms with Gasteiger partial charge in [-0.1, -0.05) is 30.3 Å². The van der Waals surface area contributed by atoms with Crippen molar-refractivity contribution in [3.05, 3.63) is 53.9 Å². The van der Waals surface area contributed by atoms with Gasteiger partial charge in [0.2, 0.25) is 11.9 Å². The smallest absolute Gasteiger partial charge is 0.237 e. The molecule has 0 bridgehead atoms. The molecule has 2 aromatic rings. The zero-order chi connectivity index (χ0) is 13.3. The van der Waals surface area contributed by atoms with Crippen molar-refractivity contribution in [3.63, 3.8) is 0 Å². The summed E-state index contributed by atoms with van der Waals surface area (Å²) in [7, 11) is 0. The molecule has 3 rings (SSSR count). The molecule has 1 amide bonds. The number of carbonyl (C=O) groups excluding carboxylic acids is 1. The molecule has 0 atom stereocenters. The van der Waals surface area contributed by atoms with Crippen LogP contribution >= 0.6 is 0 Å². The van der Waals surface area contributed by atoms with Gasteiger partial charge < -0.3 is 0 Å². The Morgan fingerprint density at radius 3 is 2.58 bits per heavy atom. The van der Waals surface area contributed by atoms with E-state index >= 15 is 0 Å². The molecular weight excluding hydrogens is 238 g/mol. The van der Waals surface area contributed by atoms with Crippen molar-refractivity contribution in [2.45, 2.75) is 25.2 Å². The quantitative estimate of drug-likeness (QED) is 0.914. The summed E-state index contributed by atoms with van der Waals surface area (Å²) in [4.78, 5) is 20.7. The Morgan fingerprint density at radius 1 is 1.21 bits per heavy atom. The highest BCUT2D eigenvalue weighted by atomic mass is 16.2. The third-order valence-corrected chi connectivity index (χ3v) is 3.53. The van der Waals surface area contributed by atoms with Gasteiger partial charge in [0.15, 0.2) is 0 Å². The average Bonchev–Trinajstić information content (AvgIpc) is 3.21. The minimum Gasteiger partial charge on any atom is -0.294 e. The van der Waals surface area contributed by atoms with E-state index in [1.165, 1.54) is 0 Å². The normalized spacial score (nSPS) is 15.8. The first-order chi connectivity index (χ1) is 9.21. The predicted octanol–water partition coefficient (Wildman–Crippen LogP) is 2.46. The van der Waals surface area contributed by atoms with Gasteiger partial charge in [-0.15, -0.1) is 0 Å². The third-order valence-electron chi connectivity index (χ3n) is 3.53. The minimum absolute atomic E-state index is 0.00991. The molecule has 1 aliphatic rings. The fraction of sp³-hybridized carbons (Fsp3) is 0.267. The molecule has 1 aromatic carbocycles. The maximum Gasteiger partial charge on any atom is 0.237 e. The Hall–Kier alpha value is -2.23. The second-order valence-electron chi connectivity index (χ2n) is 4.92. The zero-order valence-electron chi connectivity index (χ0n) is 10.8. The molecular formula is C15H15N3O. The Bertz CT molecular complexity index is 606. The van der Waals surface area contributed by atoms with E-state index in [-0.39, 0.29) is 11.3 Å². The number of hydrogen-bond donors (Lipinski definition) is 1. The van der Waals surface area contributed by atoms with Gasteiger partial charge in [-0.2, -0.15) is 0 Å². The molecule has 4 heteroatoms. The van der Waals surface area contributed by atoms with Crippen LogP contribution in [0.4, 0.5) is 5.95 Å². The Morgan fingerprint density at radius 2 is 1.95 bits per heavy atom. The zero-order valence-corrected chi connectivity index (χ0v) is 10.8. The second-order valence-corrected chi connectivity index (χ2v) is 4.92. The van der Waals surface area contributed by atoms with E-state index in [1.54, 1.807) is 12.3 Å². The molecule has 1 saturated carbocycles. The summed E-state index contributed by atoms with van der Waals surface area (Å²) in [6, 6.07) is 11.7. The van der Waals surface area contributed by atoms with Crippen molar-refractivity contribution < 1.29 is 4.79 Å². The topological polar surface area (TPSA) is 54.9 Å². The van der Waals surface area contributed by atoms with Crippen LogP contribution < -0.4 is 5.32 Å². The molecule has 0 aliphatic heterocycles. The van der Waals surface area contributed by atoms with E-state index in [9.17, 15) is 4.79 Å². The molecule has 4 nitrogen and oxygen atoms in total. The molecule has 19 heavy (non-hydrogen) atoms. The van der Waals surface area contributed by atoms with Crippen molar-refractivity contribution in [1.29, 1.82) is 0 Å². The van der Waals surface area contributed by atoms with Gasteiger partial charge in [0.05, 0.1) is 5.41 Å². The second kappa shape index (κ2) is 4.46. The number of hydrogen-bond acceptors (Lipinski definition) is 3. The van der Waals surface area contributed by atoms with Crippen LogP contribution in [0.5, 0.6) is 0 Å². The largest absolute Gasteiger partial charge is 0.294 e. The number of nitrogens with zero attached hydrogens (tertiary/aromatic N) is 2. The lowest BCUT2D eigenvalue weighted by Gasteiger charge is -2.14. The minimum atomic E-state index is -0.381. The first-order valence-corrected chi connectivity index (χ1v) is 6.37. The molecule has 1 N–H and O–H groups in total. The van der Waals surface area contributed by atoms with Crippen molar-refractivity contribution in [2.75, 3.05) is 5.32 Å². The van der Waals surface area contributed by atoms with Crippen LogP contribution in [0.3, 0.4) is 0 Å². The first-order valence-electron chi connectivity index (χ1n) is 6.37. The van der Waals surface area contributed by atoms with Gasteiger partial charge in [0.1, 0.15) is 0 Å². The van der Waals surface area contributed by atoms with Crippen LogP contribution in [-0.2, 0) is 10.2 Å². The standard InChI is InChI=1S/C15H15N3O/c1-11-7-10-16-14(17-11)18-13(19)15(8-9-15)12-5-3-2-4-6-12/h2-7,10H,8-9H2,1H3,(H,16,17,18,19). The third kappa shape index (κ3) is 2.21. The SMILES string of the molecule is Cc1ccnc(NC(=O)C2(c3ccccc3)CC2)n1. The van der Waals surface area contributed by atoms with Gasteiger partial charge in [-0.25, -0.2) is 9.97 Å². The molecule has 0 radical (unpaired) electrons. The maximum absolute atomic E-state index is 12.4. The number of nitrogens with one attached hydrogen (secondary N) is 1. The van der Waals surface area contributed by atoms with E-state index in [2.05, 4.69) is 15.3 Å². The molecule has 96 valence electrons. The van der Waals surface area contributed by atoms with Crippen LogP contribution in [-0.4, -0.2) is 15.9 Å². The van der Waals surface area contributed by atoms with Crippen molar-refractivity contribution in [2.24, 2.45) is 0 Å². The fourth-order valence-corrected chi connectivity index (χ4v) is 2.26. The Kier molecular flexibility index (Phi) is 2.78. The Balaban J connectivity index is 1.82. The summed E-state index contributed by atoms with van der Waals surface area (Å²) in [5.41, 5.74) is 1.53. The summed E-state index contributed by atoms with van der Waals surface area (Å²) in [6.07, 6.45) is 3.42. The highest BCUT2D eigenvalue weighted by Gasteiger charge is 2.51. The highest BCUT2D eigenvalue weighted by molar-refractivity contribution is 6.00. The fourth-order valence-electron chi connectivity index (χ4n) is 2.26. The summed E-state index contributed by atoms with van der Waals surface area (Å²) >= 11 is 0. The van der Waals surface area contributed by atoms with Gasteiger partial charge in [-0.3, -0.25) is 10.1 Å². The van der Waals surface area contributed by atoms with E-state index in [0.717, 1.165) is 24.1 Å². The molecule has 1 aliphatic carbocycles. The van der Waals surface area contributed by atoms with Gasteiger partial charge in [0, 0.05) is 11.9 Å². The number of rotatable bonds is 3. The molecule has 0 saturated heterocycles. The first kappa shape index (κ1) is 11.8. The predicted molar refractivity (Wildman–Crippen MR) is 72.8 cm³/mol. The Labute approximate surface area is 111 Å². The van der Waals surface area contributed by atoms with Crippen LogP contribution in [0, 0.1) is 6.92 Å². The number of aryl methyl sites for hydroxylation is 1. The number of carbonyl (C=O) groups is 1. The monoisotopic (exact) mass is 253 g/mol. The van der Waals surface area contributed by atoms with Gasteiger partial charge in [-0.05, 0) is 31.4 Å². The molecule has 0 unspecified atom stereocenters. The number of amides is 1. The van der Waals surface area contributed by atoms with E-state index < -0.39 is 0 Å². The molecule has 0 spiro atoms. The summed E-state index contributed by atoms with van der Waals surface area (Å²) in [5.74, 6) is 0.372. The lowest BCUT2D eigenvalue weighted by Crippen LogP contribution is -2.28. The van der Waals surface area contributed by atoms with E-state index in [1.807, 2.05) is 37.3 Å². The number of anilines is 1. The molecule has 1 heterocycles. The number of aromatic nitrogens is 2. The lowest BCUT2D eigenvalue weighted by molar-refractivity contribution is -0.118. The van der Waals surface area contributed by atoms with E-state index in [4.69, 9.17) is 0 Å². The lowest BCUT2D eigenvalue weighted by atomic mass is 9.95. The van der Waals surface area contributed by atoms with Gasteiger partial charge >= 0.3 is 0 Å². The summed E-state index contributed by atoms with van der Waals surface area (Å²) in [5, 5.41) is 2.82. The van der Waals surface area contributed by atoms with Crippen LogP contribution in [0.1, 0.15) is 24.1 Å². The van der Waals surface area contributed by atoms with Gasteiger partial charge in [0.25, 0.3) is 0 Å². The van der Waals surface area contributed by atoms with Crippen molar-refractivity contribution in [1.82, 2.24) is 9.97 Å². The summed E-state index contributed by atoms with van der Waals surface area (Å²) < 4.78 is 0. The molecule has 1 aromatic heterocycles. The summed E-state index contributed by atoms with van der Waals surface area (Å²) in [6.45, 7) is 1.88. The average molecular weight is 253 g/mol. The van der Waals surface area contributed by atoms with Crippen LogP contribution in [0.15, 0.2) is 42.6 Å². The van der Waals surface area contributed by atoms with Crippen LogP contribution in [0.2, 0.25) is 0 Å².